The number of fused-ring (bicyclic) bond motifs is 5. The van der Waals surface area contributed by atoms with Gasteiger partial charge in [0.1, 0.15) is 7.14 Å². The van der Waals surface area contributed by atoms with Crippen molar-refractivity contribution >= 4 is 34.0 Å². The minimum Gasteiger partial charge on any atom is -0.319 e. The van der Waals surface area contributed by atoms with Crippen molar-refractivity contribution in [1.82, 2.24) is 0 Å². The highest BCUT2D eigenvalue weighted by atomic mass is 31.2. The summed E-state index contributed by atoms with van der Waals surface area (Å²) in [5, 5.41) is 6.25. The number of hydrogen-bond donors (Lipinski definition) is 0. The van der Waals surface area contributed by atoms with Gasteiger partial charge in [0.05, 0.1) is 0 Å². The maximum Gasteiger partial charge on any atom is 0.113 e. The molecule has 0 radical (unpaired) electrons. The van der Waals surface area contributed by atoms with Gasteiger partial charge in [-0.3, -0.25) is 0 Å². The van der Waals surface area contributed by atoms with E-state index in [1.54, 1.807) is 0 Å². The van der Waals surface area contributed by atoms with Crippen molar-refractivity contribution in [1.29, 1.82) is 0 Å². The topological polar surface area (TPSA) is 17.1 Å². The summed E-state index contributed by atoms with van der Waals surface area (Å²) in [5.74, 6) is 0. The van der Waals surface area contributed by atoms with Crippen LogP contribution in [0.25, 0.3) is 21.5 Å². The van der Waals surface area contributed by atoms with Gasteiger partial charge in [0, 0.05) is 11.5 Å². The van der Waals surface area contributed by atoms with Crippen molar-refractivity contribution in [2.75, 3.05) is 12.8 Å². The number of rotatable bonds is 0. The Labute approximate surface area is 112 Å². The van der Waals surface area contributed by atoms with Crippen molar-refractivity contribution < 1.29 is 4.57 Å². The minimum atomic E-state index is -2.10. The lowest BCUT2D eigenvalue weighted by Crippen LogP contribution is -2.03. The zero-order chi connectivity index (χ0) is 13.0. The molecule has 1 heterocycles. The van der Waals surface area contributed by atoms with Gasteiger partial charge in [-0.25, -0.2) is 0 Å². The van der Waals surface area contributed by atoms with E-state index in [4.69, 9.17) is 0 Å². The molecular weight excluding hydrogens is 251 g/mol. The predicted molar refractivity (Wildman–Crippen MR) is 83.2 cm³/mol. The van der Waals surface area contributed by atoms with Crippen LogP contribution < -0.4 is 5.30 Å². The van der Waals surface area contributed by atoms with Crippen LogP contribution in [0.15, 0.2) is 48.5 Å². The summed E-state index contributed by atoms with van der Waals surface area (Å²) in [7, 11) is -2.10. The summed E-state index contributed by atoms with van der Waals surface area (Å²) in [5.41, 5.74) is 1.31. The number of aryl methyl sites for hydroxylation is 1. The van der Waals surface area contributed by atoms with Crippen molar-refractivity contribution in [2.45, 2.75) is 6.42 Å². The van der Waals surface area contributed by atoms with Gasteiger partial charge in [0.25, 0.3) is 0 Å². The standard InChI is InChI=1S/C17H15OP/c1-19(18)11-10-16-15-7-6-12-4-2-3-5-13(12)14(15)8-9-17(16)19/h2-9H,10-11H2,1H3. The van der Waals surface area contributed by atoms with Crippen LogP contribution in [-0.2, 0) is 11.0 Å². The van der Waals surface area contributed by atoms with E-state index in [-0.39, 0.29) is 0 Å². The van der Waals surface area contributed by atoms with Crippen LogP contribution >= 0.6 is 7.14 Å². The van der Waals surface area contributed by atoms with Crippen LogP contribution in [0.2, 0.25) is 0 Å². The third-order valence-corrected chi connectivity index (χ3v) is 6.83. The second-order valence-corrected chi connectivity index (χ2v) is 8.65. The van der Waals surface area contributed by atoms with Gasteiger partial charge in [0.2, 0.25) is 0 Å². The van der Waals surface area contributed by atoms with Crippen LogP contribution in [0.3, 0.4) is 0 Å². The van der Waals surface area contributed by atoms with Crippen LogP contribution in [0.1, 0.15) is 5.56 Å². The zero-order valence-electron chi connectivity index (χ0n) is 10.9. The molecule has 1 aliphatic rings. The highest BCUT2D eigenvalue weighted by Crippen LogP contribution is 2.48. The van der Waals surface area contributed by atoms with Crippen molar-refractivity contribution in [2.24, 2.45) is 0 Å². The van der Waals surface area contributed by atoms with Gasteiger partial charge < -0.3 is 4.57 Å². The van der Waals surface area contributed by atoms with Crippen LogP contribution in [0, 0.1) is 0 Å². The fourth-order valence-electron chi connectivity index (χ4n) is 3.29. The lowest BCUT2D eigenvalue weighted by molar-refractivity contribution is 0.586. The molecule has 1 nitrogen and oxygen atoms in total. The molecule has 3 aromatic carbocycles. The first-order chi connectivity index (χ1) is 9.17. The second-order valence-electron chi connectivity index (χ2n) is 5.52. The Hall–Kier alpha value is -1.59. The zero-order valence-corrected chi connectivity index (χ0v) is 11.8. The molecule has 0 aromatic heterocycles. The molecule has 3 aromatic rings. The Balaban J connectivity index is 2.18. The van der Waals surface area contributed by atoms with E-state index >= 15 is 0 Å². The molecule has 0 N–H and O–H groups in total. The largest absolute Gasteiger partial charge is 0.319 e. The maximum absolute atomic E-state index is 12.5. The first-order valence-corrected chi connectivity index (χ1v) is 9.01. The Bertz CT molecular complexity index is 864. The number of benzene rings is 3. The Kier molecular flexibility index (Phi) is 2.20. The molecule has 4 rings (SSSR count). The average Bonchev–Trinajstić information content (AvgIpc) is 2.74. The van der Waals surface area contributed by atoms with Crippen molar-refractivity contribution in [3.8, 4) is 0 Å². The summed E-state index contributed by atoms with van der Waals surface area (Å²) in [6.45, 7) is 1.92. The molecule has 1 atom stereocenters. The van der Waals surface area contributed by atoms with Crippen LogP contribution in [0.4, 0.5) is 0 Å². The van der Waals surface area contributed by atoms with Gasteiger partial charge in [-0.15, -0.1) is 0 Å². The van der Waals surface area contributed by atoms with Crippen LogP contribution in [-0.4, -0.2) is 12.8 Å². The molecule has 0 fully saturated rings. The molecule has 94 valence electrons. The molecule has 2 heteroatoms. The molecule has 0 saturated carbocycles. The van der Waals surface area contributed by atoms with Gasteiger partial charge in [0.15, 0.2) is 0 Å². The minimum absolute atomic E-state index is 0.828. The Morgan fingerprint density at radius 1 is 0.895 bits per heavy atom. The highest BCUT2D eigenvalue weighted by molar-refractivity contribution is 7.71. The van der Waals surface area contributed by atoms with Gasteiger partial charge in [-0.2, -0.15) is 0 Å². The third kappa shape index (κ3) is 1.52. The monoisotopic (exact) mass is 266 g/mol. The quantitative estimate of drug-likeness (QED) is 0.441. The van der Waals surface area contributed by atoms with E-state index in [0.717, 1.165) is 17.9 Å². The smallest absolute Gasteiger partial charge is 0.113 e. The normalized spacial score (nSPS) is 21.9. The van der Waals surface area contributed by atoms with Gasteiger partial charge >= 0.3 is 0 Å². The molecule has 1 aliphatic heterocycles. The van der Waals surface area contributed by atoms with E-state index in [1.807, 2.05) is 6.66 Å². The van der Waals surface area contributed by atoms with E-state index in [1.165, 1.54) is 27.1 Å². The summed E-state index contributed by atoms with van der Waals surface area (Å²) >= 11 is 0. The Morgan fingerprint density at radius 3 is 2.58 bits per heavy atom. The predicted octanol–water partition coefficient (Wildman–Crippen LogP) is 4.17. The van der Waals surface area contributed by atoms with Gasteiger partial charge in [-0.05, 0) is 40.2 Å². The van der Waals surface area contributed by atoms with Crippen LogP contribution in [0.5, 0.6) is 0 Å². The molecule has 0 spiro atoms. The molecule has 0 saturated heterocycles. The van der Waals surface area contributed by atoms with E-state index in [9.17, 15) is 4.57 Å². The molecule has 1 unspecified atom stereocenters. The maximum atomic E-state index is 12.5. The fourth-order valence-corrected chi connectivity index (χ4v) is 5.37. The average molecular weight is 266 g/mol. The second kappa shape index (κ2) is 3.71. The Morgan fingerprint density at radius 2 is 1.68 bits per heavy atom. The summed E-state index contributed by atoms with van der Waals surface area (Å²) in [6, 6.07) is 17.1. The summed E-state index contributed by atoms with van der Waals surface area (Å²) in [6.07, 6.45) is 1.78. The highest BCUT2D eigenvalue weighted by Gasteiger charge is 2.29. The lowest BCUT2D eigenvalue weighted by atomic mass is 9.97. The molecule has 19 heavy (non-hydrogen) atoms. The first kappa shape index (κ1) is 11.3. The number of hydrogen-bond acceptors (Lipinski definition) is 1. The van der Waals surface area contributed by atoms with Gasteiger partial charge in [-0.1, -0.05) is 48.5 Å². The van der Waals surface area contributed by atoms with Crippen molar-refractivity contribution in [3.05, 3.63) is 54.1 Å². The summed E-state index contributed by atoms with van der Waals surface area (Å²) in [4.78, 5) is 0. The fraction of sp³-hybridized carbons (Fsp3) is 0.176. The van der Waals surface area contributed by atoms with Crippen molar-refractivity contribution in [3.63, 3.8) is 0 Å². The molecular formula is C17H15OP. The van der Waals surface area contributed by atoms with E-state index in [0.29, 0.717) is 0 Å². The van der Waals surface area contributed by atoms with E-state index in [2.05, 4.69) is 48.5 Å². The lowest BCUT2D eigenvalue weighted by Gasteiger charge is -2.10. The summed E-state index contributed by atoms with van der Waals surface area (Å²) < 4.78 is 12.5. The molecule has 0 bridgehead atoms. The van der Waals surface area contributed by atoms with E-state index < -0.39 is 7.14 Å². The third-order valence-electron chi connectivity index (χ3n) is 4.31. The SMILES string of the molecule is CP1(=O)CCc2c1ccc1c2ccc2ccccc21. The first-order valence-electron chi connectivity index (χ1n) is 6.67. The molecule has 0 aliphatic carbocycles. The molecule has 0 amide bonds.